The van der Waals surface area contributed by atoms with Crippen molar-refractivity contribution in [2.45, 2.75) is 19.8 Å². The van der Waals surface area contributed by atoms with Gasteiger partial charge in [0.15, 0.2) is 0 Å². The predicted molar refractivity (Wildman–Crippen MR) is 81.3 cm³/mol. The van der Waals surface area contributed by atoms with Gasteiger partial charge in [0.05, 0.1) is 17.4 Å². The maximum atomic E-state index is 11.3. The van der Waals surface area contributed by atoms with E-state index >= 15 is 0 Å². The molecule has 2 rings (SSSR count). The third kappa shape index (κ3) is 2.89. The fraction of sp³-hybridized carbons (Fsp3) is 0.250. The van der Waals surface area contributed by atoms with Gasteiger partial charge in [0.1, 0.15) is 5.65 Å². The summed E-state index contributed by atoms with van der Waals surface area (Å²) in [5.74, 6) is 6.04. The van der Waals surface area contributed by atoms with E-state index in [2.05, 4.69) is 35.6 Å². The van der Waals surface area contributed by atoms with Crippen molar-refractivity contribution in [3.8, 4) is 11.8 Å². The van der Waals surface area contributed by atoms with Crippen molar-refractivity contribution in [2.75, 3.05) is 5.32 Å². The molecule has 0 atom stereocenters. The predicted octanol–water partition coefficient (Wildman–Crippen LogP) is 2.85. The zero-order valence-corrected chi connectivity index (χ0v) is 11.7. The molecule has 0 radical (unpaired) electrons. The van der Waals surface area contributed by atoms with E-state index < -0.39 is 0 Å². The monoisotopic (exact) mass is 267 g/mol. The first-order valence-corrected chi connectivity index (χ1v) is 6.53. The van der Waals surface area contributed by atoms with Gasteiger partial charge in [0.2, 0.25) is 5.91 Å². The number of aryl methyl sites for hydroxylation is 1. The molecule has 2 heterocycles. The number of carbonyl (C=O) groups is 1. The Morgan fingerprint density at radius 1 is 1.60 bits per heavy atom. The van der Waals surface area contributed by atoms with Crippen LogP contribution in [0.5, 0.6) is 0 Å². The number of rotatable bonds is 3. The third-order valence-corrected chi connectivity index (χ3v) is 2.86. The molecule has 1 amide bonds. The summed E-state index contributed by atoms with van der Waals surface area (Å²) in [6.07, 6.45) is 6.73. The molecule has 0 saturated carbocycles. The third-order valence-electron chi connectivity index (χ3n) is 2.86. The van der Waals surface area contributed by atoms with Crippen molar-refractivity contribution >= 4 is 22.6 Å². The average Bonchev–Trinajstić information content (AvgIpc) is 2.75. The van der Waals surface area contributed by atoms with Crippen LogP contribution >= 0.6 is 0 Å². The summed E-state index contributed by atoms with van der Waals surface area (Å²) < 4.78 is 1.93. The Morgan fingerprint density at radius 2 is 2.40 bits per heavy atom. The minimum absolute atomic E-state index is 0.249. The Bertz CT molecular complexity index is 716. The van der Waals surface area contributed by atoms with Gasteiger partial charge in [-0.2, -0.15) is 0 Å². The summed E-state index contributed by atoms with van der Waals surface area (Å²) in [5, 5.41) is 3.65. The Balaban J connectivity index is 2.44. The summed E-state index contributed by atoms with van der Waals surface area (Å²) in [7, 11) is 1.93. The number of aromatic nitrogens is 2. The number of fused-ring (bicyclic) bond motifs is 1. The van der Waals surface area contributed by atoms with Gasteiger partial charge in [-0.25, -0.2) is 4.98 Å². The van der Waals surface area contributed by atoms with E-state index in [1.165, 1.54) is 6.08 Å². The van der Waals surface area contributed by atoms with Crippen molar-refractivity contribution in [1.82, 2.24) is 9.55 Å². The molecule has 0 bridgehead atoms. The highest BCUT2D eigenvalue weighted by Gasteiger charge is 2.08. The summed E-state index contributed by atoms with van der Waals surface area (Å²) in [5.41, 5.74) is 2.42. The Hall–Kier alpha value is -2.54. The van der Waals surface area contributed by atoms with Gasteiger partial charge in [-0.15, -0.1) is 0 Å². The van der Waals surface area contributed by atoms with Crippen LogP contribution in [0.2, 0.25) is 0 Å². The summed E-state index contributed by atoms with van der Waals surface area (Å²) in [6, 6.07) is 1.89. The molecule has 2 aromatic rings. The molecule has 4 nitrogen and oxygen atoms in total. The normalized spacial score (nSPS) is 9.90. The number of hydrogen-bond acceptors (Lipinski definition) is 2. The average molecular weight is 267 g/mol. The first kappa shape index (κ1) is 13.9. The standard InChI is InChI=1S/C16H17N3O/c1-4-6-7-8-12-11-19(3)16-14(12)9-13(10-17-16)18-15(20)5-2/h5,9-11H,2,4,6H2,1,3H3,(H,18,20). The largest absolute Gasteiger partial charge is 0.334 e. The lowest BCUT2D eigenvalue weighted by molar-refractivity contribution is -0.111. The summed E-state index contributed by atoms with van der Waals surface area (Å²) in [6.45, 7) is 5.53. The van der Waals surface area contributed by atoms with Gasteiger partial charge in [0.25, 0.3) is 0 Å². The molecular weight excluding hydrogens is 250 g/mol. The lowest BCUT2D eigenvalue weighted by atomic mass is 10.2. The van der Waals surface area contributed by atoms with E-state index in [1.807, 2.05) is 23.9 Å². The highest BCUT2D eigenvalue weighted by molar-refractivity contribution is 6.00. The van der Waals surface area contributed by atoms with Crippen molar-refractivity contribution in [3.05, 3.63) is 36.7 Å². The highest BCUT2D eigenvalue weighted by atomic mass is 16.1. The summed E-state index contributed by atoms with van der Waals surface area (Å²) >= 11 is 0. The van der Waals surface area contributed by atoms with Crippen LogP contribution < -0.4 is 5.32 Å². The van der Waals surface area contributed by atoms with Crippen molar-refractivity contribution in [1.29, 1.82) is 0 Å². The van der Waals surface area contributed by atoms with E-state index in [1.54, 1.807) is 6.20 Å². The van der Waals surface area contributed by atoms with Crippen LogP contribution in [0.1, 0.15) is 25.3 Å². The molecule has 20 heavy (non-hydrogen) atoms. The van der Waals surface area contributed by atoms with Crippen LogP contribution in [-0.4, -0.2) is 15.5 Å². The van der Waals surface area contributed by atoms with Crippen LogP contribution in [0.15, 0.2) is 31.1 Å². The van der Waals surface area contributed by atoms with Crippen molar-refractivity contribution in [3.63, 3.8) is 0 Å². The number of amides is 1. The molecule has 102 valence electrons. The Labute approximate surface area is 118 Å². The van der Waals surface area contributed by atoms with Crippen molar-refractivity contribution < 1.29 is 4.79 Å². The molecule has 0 aromatic carbocycles. The topological polar surface area (TPSA) is 46.9 Å². The van der Waals surface area contributed by atoms with Gasteiger partial charge in [0, 0.05) is 25.1 Å². The molecule has 0 saturated heterocycles. The van der Waals surface area contributed by atoms with Gasteiger partial charge in [-0.1, -0.05) is 25.3 Å². The second kappa shape index (κ2) is 6.07. The van der Waals surface area contributed by atoms with Gasteiger partial charge >= 0.3 is 0 Å². The number of unbranched alkanes of at least 4 members (excludes halogenated alkanes) is 1. The number of carbonyl (C=O) groups excluding carboxylic acids is 1. The molecule has 0 aliphatic heterocycles. The molecule has 0 fully saturated rings. The quantitative estimate of drug-likeness (QED) is 0.686. The molecule has 0 unspecified atom stereocenters. The van der Waals surface area contributed by atoms with Crippen molar-refractivity contribution in [2.24, 2.45) is 7.05 Å². The number of pyridine rings is 1. The van der Waals surface area contributed by atoms with E-state index in [0.29, 0.717) is 5.69 Å². The molecule has 0 spiro atoms. The minimum atomic E-state index is -0.249. The van der Waals surface area contributed by atoms with E-state index in [-0.39, 0.29) is 5.91 Å². The van der Waals surface area contributed by atoms with Crippen LogP contribution in [0.25, 0.3) is 11.0 Å². The molecule has 0 aliphatic carbocycles. The Kier molecular flexibility index (Phi) is 4.21. The molecular formula is C16H17N3O. The van der Waals surface area contributed by atoms with Gasteiger partial charge in [-0.05, 0) is 18.6 Å². The zero-order chi connectivity index (χ0) is 14.5. The fourth-order valence-corrected chi connectivity index (χ4v) is 1.91. The second-order valence-electron chi connectivity index (χ2n) is 4.49. The lowest BCUT2D eigenvalue weighted by Crippen LogP contribution is -2.07. The van der Waals surface area contributed by atoms with Crippen LogP contribution in [0.3, 0.4) is 0 Å². The number of hydrogen-bond donors (Lipinski definition) is 1. The zero-order valence-electron chi connectivity index (χ0n) is 11.7. The Morgan fingerprint density at radius 3 is 3.10 bits per heavy atom. The maximum Gasteiger partial charge on any atom is 0.247 e. The van der Waals surface area contributed by atoms with E-state index in [0.717, 1.165) is 29.4 Å². The molecule has 2 aromatic heterocycles. The first-order valence-electron chi connectivity index (χ1n) is 6.53. The van der Waals surface area contributed by atoms with E-state index in [9.17, 15) is 4.79 Å². The number of nitrogens with zero attached hydrogens (tertiary/aromatic N) is 2. The van der Waals surface area contributed by atoms with Crippen LogP contribution in [-0.2, 0) is 11.8 Å². The number of anilines is 1. The van der Waals surface area contributed by atoms with Crippen LogP contribution in [0.4, 0.5) is 5.69 Å². The van der Waals surface area contributed by atoms with Gasteiger partial charge in [-0.3, -0.25) is 4.79 Å². The second-order valence-corrected chi connectivity index (χ2v) is 4.49. The van der Waals surface area contributed by atoms with Crippen LogP contribution in [0, 0.1) is 11.8 Å². The van der Waals surface area contributed by atoms with E-state index in [4.69, 9.17) is 0 Å². The maximum absolute atomic E-state index is 11.3. The first-order chi connectivity index (χ1) is 9.65. The fourth-order valence-electron chi connectivity index (χ4n) is 1.91. The van der Waals surface area contributed by atoms with Gasteiger partial charge < -0.3 is 9.88 Å². The lowest BCUT2D eigenvalue weighted by Gasteiger charge is -2.02. The molecule has 4 heteroatoms. The minimum Gasteiger partial charge on any atom is -0.334 e. The summed E-state index contributed by atoms with van der Waals surface area (Å²) in [4.78, 5) is 15.7. The molecule has 0 aliphatic rings. The molecule has 1 N–H and O–H groups in total. The number of nitrogens with one attached hydrogen (secondary N) is 1. The SMILES string of the molecule is C=CC(=O)Nc1cnc2c(c1)c(C#CCCC)cn2C. The smallest absolute Gasteiger partial charge is 0.247 e. The highest BCUT2D eigenvalue weighted by Crippen LogP contribution is 2.21.